The summed E-state index contributed by atoms with van der Waals surface area (Å²) in [5.41, 5.74) is 1.48. The van der Waals surface area contributed by atoms with Gasteiger partial charge in [-0.15, -0.1) is 0 Å². The molecule has 2 aromatic heterocycles. The van der Waals surface area contributed by atoms with Gasteiger partial charge in [0.2, 0.25) is 5.71 Å². The number of morpholine rings is 1. The number of aromatic nitrogens is 2. The third kappa shape index (κ3) is 3.31. The number of rotatable bonds is 4. The first-order valence-electron chi connectivity index (χ1n) is 8.69. The minimum atomic E-state index is -0.274. The van der Waals surface area contributed by atoms with Gasteiger partial charge in [-0.05, 0) is 19.1 Å². The molecule has 8 nitrogen and oxygen atoms in total. The summed E-state index contributed by atoms with van der Waals surface area (Å²) in [6, 6.07) is 7.20. The highest BCUT2D eigenvalue weighted by Gasteiger charge is 2.26. The van der Waals surface area contributed by atoms with Gasteiger partial charge in [-0.2, -0.15) is 0 Å². The average molecular weight is 368 g/mol. The summed E-state index contributed by atoms with van der Waals surface area (Å²) in [6.07, 6.45) is 1.46. The van der Waals surface area contributed by atoms with Crippen LogP contribution in [0.5, 0.6) is 5.75 Å². The maximum absolute atomic E-state index is 13.0. The Hall–Kier alpha value is -3.13. The van der Waals surface area contributed by atoms with Gasteiger partial charge in [-0.1, -0.05) is 6.07 Å². The van der Waals surface area contributed by atoms with Gasteiger partial charge in [0.25, 0.3) is 5.91 Å². The molecule has 4 rings (SSSR count). The number of carbonyl (C=O) groups excluding carboxylic acids is 1. The Morgan fingerprint density at radius 1 is 1.26 bits per heavy atom. The number of anilines is 2. The van der Waals surface area contributed by atoms with Gasteiger partial charge in [0.05, 0.1) is 31.3 Å². The van der Waals surface area contributed by atoms with Crippen LogP contribution in [0.2, 0.25) is 0 Å². The zero-order valence-electron chi connectivity index (χ0n) is 15.2. The van der Waals surface area contributed by atoms with Crippen molar-refractivity contribution in [3.05, 3.63) is 41.9 Å². The second-order valence-electron chi connectivity index (χ2n) is 6.20. The third-order valence-electron chi connectivity index (χ3n) is 4.51. The molecule has 0 radical (unpaired) electrons. The first-order chi connectivity index (χ1) is 13.2. The molecule has 1 aromatic carbocycles. The molecule has 1 saturated heterocycles. The van der Waals surface area contributed by atoms with Crippen molar-refractivity contribution in [2.45, 2.75) is 6.92 Å². The summed E-state index contributed by atoms with van der Waals surface area (Å²) < 4.78 is 16.4. The van der Waals surface area contributed by atoms with Crippen LogP contribution in [0.15, 0.2) is 35.0 Å². The summed E-state index contributed by atoms with van der Waals surface area (Å²) >= 11 is 0. The van der Waals surface area contributed by atoms with Crippen LogP contribution in [-0.4, -0.2) is 49.3 Å². The molecule has 27 heavy (non-hydrogen) atoms. The van der Waals surface area contributed by atoms with Gasteiger partial charge < -0.3 is 24.1 Å². The molecule has 140 valence electrons. The van der Waals surface area contributed by atoms with Crippen LogP contribution in [-0.2, 0) is 4.74 Å². The second-order valence-corrected chi connectivity index (χ2v) is 6.20. The van der Waals surface area contributed by atoms with Crippen molar-refractivity contribution in [1.29, 1.82) is 0 Å². The van der Waals surface area contributed by atoms with Crippen LogP contribution < -0.4 is 15.0 Å². The van der Waals surface area contributed by atoms with E-state index in [1.54, 1.807) is 26.2 Å². The summed E-state index contributed by atoms with van der Waals surface area (Å²) in [4.78, 5) is 23.7. The van der Waals surface area contributed by atoms with Crippen LogP contribution in [0.4, 0.5) is 11.5 Å². The Morgan fingerprint density at radius 2 is 2.07 bits per heavy atom. The van der Waals surface area contributed by atoms with Crippen molar-refractivity contribution in [2.24, 2.45) is 0 Å². The van der Waals surface area contributed by atoms with Crippen molar-refractivity contribution in [3.63, 3.8) is 0 Å². The number of ether oxygens (including phenoxy) is 2. The van der Waals surface area contributed by atoms with Gasteiger partial charge in [0, 0.05) is 24.8 Å². The molecule has 1 amide bonds. The minimum Gasteiger partial charge on any atom is -0.497 e. The smallest absolute Gasteiger partial charge is 0.260 e. The molecular formula is C19H20N4O4. The SMILES string of the molecule is COc1cccc(NC(=O)c2c(C)oc3ncnc(N4CCOCC4)c23)c1. The van der Waals surface area contributed by atoms with E-state index in [1.165, 1.54) is 6.33 Å². The Bertz CT molecular complexity index is 979. The molecule has 0 saturated carbocycles. The van der Waals surface area contributed by atoms with E-state index in [2.05, 4.69) is 20.2 Å². The number of aryl methyl sites for hydroxylation is 1. The molecular weight excluding hydrogens is 348 g/mol. The van der Waals surface area contributed by atoms with E-state index in [4.69, 9.17) is 13.9 Å². The number of benzene rings is 1. The maximum atomic E-state index is 13.0. The van der Waals surface area contributed by atoms with E-state index in [1.807, 2.05) is 12.1 Å². The molecule has 0 atom stereocenters. The fourth-order valence-corrected chi connectivity index (χ4v) is 3.21. The lowest BCUT2D eigenvalue weighted by atomic mass is 10.1. The quantitative estimate of drug-likeness (QED) is 0.757. The molecule has 0 bridgehead atoms. The first-order valence-corrected chi connectivity index (χ1v) is 8.69. The van der Waals surface area contributed by atoms with Crippen molar-refractivity contribution < 1.29 is 18.7 Å². The number of amides is 1. The van der Waals surface area contributed by atoms with Crippen LogP contribution in [0.1, 0.15) is 16.1 Å². The third-order valence-corrected chi connectivity index (χ3v) is 4.51. The highest BCUT2D eigenvalue weighted by molar-refractivity contribution is 6.15. The van der Waals surface area contributed by atoms with Crippen molar-refractivity contribution in [2.75, 3.05) is 43.6 Å². The highest BCUT2D eigenvalue weighted by atomic mass is 16.5. The zero-order valence-corrected chi connectivity index (χ0v) is 15.2. The lowest BCUT2D eigenvalue weighted by Gasteiger charge is -2.28. The Balaban J connectivity index is 1.73. The number of carbonyl (C=O) groups is 1. The number of nitrogens with one attached hydrogen (secondary N) is 1. The number of fused-ring (bicyclic) bond motifs is 1. The number of furan rings is 1. The van der Waals surface area contributed by atoms with E-state index in [0.29, 0.717) is 66.0 Å². The minimum absolute atomic E-state index is 0.274. The van der Waals surface area contributed by atoms with Crippen LogP contribution in [0, 0.1) is 6.92 Å². The molecule has 1 fully saturated rings. The van der Waals surface area contributed by atoms with Gasteiger partial charge in [0.1, 0.15) is 23.7 Å². The normalized spacial score (nSPS) is 14.4. The Labute approximate surface area is 156 Å². The molecule has 3 aromatic rings. The Morgan fingerprint density at radius 3 is 2.85 bits per heavy atom. The number of methoxy groups -OCH3 is 1. The molecule has 0 spiro atoms. The second kappa shape index (κ2) is 7.24. The highest BCUT2D eigenvalue weighted by Crippen LogP contribution is 2.32. The standard InChI is InChI=1S/C19H20N4O4/c1-12-15(18(24)22-13-4-3-5-14(10-13)25-2)16-17(20-11-21-19(16)27-12)23-6-8-26-9-7-23/h3-5,10-11H,6-9H2,1-2H3,(H,22,24). The van der Waals surface area contributed by atoms with E-state index in [0.717, 1.165) is 0 Å². The van der Waals surface area contributed by atoms with Crippen LogP contribution in [0.25, 0.3) is 11.1 Å². The van der Waals surface area contributed by atoms with Crippen LogP contribution >= 0.6 is 0 Å². The molecule has 1 N–H and O–H groups in total. The largest absolute Gasteiger partial charge is 0.497 e. The Kier molecular flexibility index (Phi) is 4.64. The topological polar surface area (TPSA) is 89.7 Å². The predicted molar refractivity (Wildman–Crippen MR) is 101 cm³/mol. The number of hydrogen-bond donors (Lipinski definition) is 1. The van der Waals surface area contributed by atoms with E-state index in [-0.39, 0.29) is 5.91 Å². The fourth-order valence-electron chi connectivity index (χ4n) is 3.21. The van der Waals surface area contributed by atoms with Gasteiger partial charge in [0.15, 0.2) is 0 Å². The number of hydrogen-bond acceptors (Lipinski definition) is 7. The summed E-state index contributed by atoms with van der Waals surface area (Å²) in [6.45, 7) is 4.40. The van der Waals surface area contributed by atoms with Crippen molar-refractivity contribution >= 4 is 28.5 Å². The van der Waals surface area contributed by atoms with Crippen LogP contribution in [0.3, 0.4) is 0 Å². The number of nitrogens with zero attached hydrogens (tertiary/aromatic N) is 3. The lowest BCUT2D eigenvalue weighted by Crippen LogP contribution is -2.37. The summed E-state index contributed by atoms with van der Waals surface area (Å²) in [5, 5.41) is 3.53. The maximum Gasteiger partial charge on any atom is 0.260 e. The predicted octanol–water partition coefficient (Wildman–Crippen LogP) is 2.63. The van der Waals surface area contributed by atoms with Crippen molar-refractivity contribution in [1.82, 2.24) is 9.97 Å². The van der Waals surface area contributed by atoms with Crippen molar-refractivity contribution in [3.8, 4) is 5.75 Å². The van der Waals surface area contributed by atoms with Gasteiger partial charge in [-0.3, -0.25) is 4.79 Å². The van der Waals surface area contributed by atoms with E-state index in [9.17, 15) is 4.79 Å². The molecule has 0 unspecified atom stereocenters. The monoisotopic (exact) mass is 368 g/mol. The molecule has 3 heterocycles. The molecule has 8 heteroatoms. The summed E-state index contributed by atoms with van der Waals surface area (Å²) in [7, 11) is 1.58. The van der Waals surface area contributed by atoms with Gasteiger partial charge in [-0.25, -0.2) is 9.97 Å². The average Bonchev–Trinajstić information content (AvgIpc) is 3.04. The molecule has 0 aliphatic carbocycles. The van der Waals surface area contributed by atoms with Gasteiger partial charge >= 0.3 is 0 Å². The molecule has 1 aliphatic heterocycles. The fraction of sp³-hybridized carbons (Fsp3) is 0.316. The lowest BCUT2D eigenvalue weighted by molar-refractivity contribution is 0.102. The van der Waals surface area contributed by atoms with E-state index < -0.39 is 0 Å². The molecule has 1 aliphatic rings. The van der Waals surface area contributed by atoms with E-state index >= 15 is 0 Å². The first kappa shape index (κ1) is 17.3. The zero-order chi connectivity index (χ0) is 18.8. The summed E-state index contributed by atoms with van der Waals surface area (Å²) in [5.74, 6) is 1.58.